The van der Waals surface area contributed by atoms with E-state index in [9.17, 15) is 9.90 Å². The van der Waals surface area contributed by atoms with Gasteiger partial charge in [0.05, 0.1) is 12.5 Å². The summed E-state index contributed by atoms with van der Waals surface area (Å²) in [7, 11) is 0. The Morgan fingerprint density at radius 2 is 1.79 bits per heavy atom. The molecule has 1 unspecified atom stereocenters. The Hall–Kier alpha value is -1.55. The first-order valence-electron chi connectivity index (χ1n) is 6.79. The van der Waals surface area contributed by atoms with Gasteiger partial charge >= 0.3 is 0 Å². The molecule has 1 rings (SSSR count). The summed E-state index contributed by atoms with van der Waals surface area (Å²) in [5.41, 5.74) is 0.840. The molecule has 106 valence electrons. The molecular weight excluding hydrogens is 242 g/mol. The minimum Gasteiger partial charge on any atom is -0.508 e. The summed E-state index contributed by atoms with van der Waals surface area (Å²) < 4.78 is 0. The Morgan fingerprint density at radius 1 is 1.21 bits per heavy atom. The van der Waals surface area contributed by atoms with E-state index in [2.05, 4.69) is 5.32 Å². The fraction of sp³-hybridized carbons (Fsp3) is 0.533. The highest BCUT2D eigenvalue weighted by Gasteiger charge is 2.16. The van der Waals surface area contributed by atoms with E-state index in [0.717, 1.165) is 18.4 Å². The molecule has 1 aromatic carbocycles. The number of amides is 1. The van der Waals surface area contributed by atoms with Crippen molar-refractivity contribution in [3.63, 3.8) is 0 Å². The van der Waals surface area contributed by atoms with Gasteiger partial charge in [-0.05, 0) is 23.6 Å². The molecule has 0 aromatic heterocycles. The van der Waals surface area contributed by atoms with Gasteiger partial charge < -0.3 is 15.5 Å². The van der Waals surface area contributed by atoms with E-state index in [1.54, 1.807) is 24.3 Å². The van der Waals surface area contributed by atoms with Crippen molar-refractivity contribution >= 4 is 5.91 Å². The molecule has 0 bridgehead atoms. The Bertz CT molecular complexity index is 385. The molecule has 1 atom stereocenters. The molecule has 1 aromatic rings. The lowest BCUT2D eigenvalue weighted by atomic mass is 9.96. The van der Waals surface area contributed by atoms with Crippen LogP contribution < -0.4 is 5.32 Å². The van der Waals surface area contributed by atoms with Gasteiger partial charge in [0.25, 0.3) is 0 Å². The first kappa shape index (κ1) is 15.5. The highest BCUT2D eigenvalue weighted by Crippen LogP contribution is 2.12. The minimum atomic E-state index is -0.487. The number of benzene rings is 1. The van der Waals surface area contributed by atoms with Crippen molar-refractivity contribution in [2.45, 2.75) is 39.2 Å². The van der Waals surface area contributed by atoms with E-state index in [4.69, 9.17) is 5.11 Å². The Kier molecular flexibility index (Phi) is 6.36. The van der Waals surface area contributed by atoms with Crippen LogP contribution in [0.1, 0.15) is 32.3 Å². The molecule has 4 heteroatoms. The van der Waals surface area contributed by atoms with E-state index >= 15 is 0 Å². The van der Waals surface area contributed by atoms with Crippen molar-refractivity contribution in [1.29, 1.82) is 0 Å². The molecule has 0 aliphatic heterocycles. The molecule has 0 radical (unpaired) electrons. The number of aliphatic hydroxyl groups excluding tert-OH is 1. The summed E-state index contributed by atoms with van der Waals surface area (Å²) in [6, 6.07) is 6.54. The predicted octanol–water partition coefficient (Wildman–Crippen LogP) is 1.85. The van der Waals surface area contributed by atoms with Gasteiger partial charge in [-0.3, -0.25) is 4.79 Å². The van der Waals surface area contributed by atoms with E-state index in [0.29, 0.717) is 6.54 Å². The maximum absolute atomic E-state index is 11.7. The summed E-state index contributed by atoms with van der Waals surface area (Å²) in [6.45, 7) is 4.37. The third kappa shape index (κ3) is 5.30. The van der Waals surface area contributed by atoms with E-state index in [-0.39, 0.29) is 24.0 Å². The number of carbonyl (C=O) groups is 1. The van der Waals surface area contributed by atoms with Gasteiger partial charge in [-0.2, -0.15) is 0 Å². The van der Waals surface area contributed by atoms with Crippen LogP contribution in [-0.4, -0.2) is 28.8 Å². The van der Waals surface area contributed by atoms with Crippen molar-refractivity contribution < 1.29 is 15.0 Å². The molecule has 0 heterocycles. The van der Waals surface area contributed by atoms with E-state index in [1.807, 2.05) is 13.8 Å². The predicted molar refractivity (Wildman–Crippen MR) is 74.9 cm³/mol. The molecule has 3 N–H and O–H groups in total. The lowest BCUT2D eigenvalue weighted by Gasteiger charge is -2.20. The largest absolute Gasteiger partial charge is 0.508 e. The van der Waals surface area contributed by atoms with Crippen LogP contribution in [0.25, 0.3) is 0 Å². The van der Waals surface area contributed by atoms with Crippen LogP contribution in [0.4, 0.5) is 0 Å². The van der Waals surface area contributed by atoms with Gasteiger partial charge in [0.1, 0.15) is 5.75 Å². The zero-order valence-corrected chi connectivity index (χ0v) is 11.6. The van der Waals surface area contributed by atoms with Crippen LogP contribution in [0.5, 0.6) is 5.75 Å². The van der Waals surface area contributed by atoms with Crippen LogP contribution in [0.15, 0.2) is 24.3 Å². The maximum Gasteiger partial charge on any atom is 0.224 e. The second-order valence-electron chi connectivity index (χ2n) is 4.79. The first-order valence-corrected chi connectivity index (χ1v) is 6.79. The average molecular weight is 265 g/mol. The zero-order chi connectivity index (χ0) is 14.3. The highest BCUT2D eigenvalue weighted by molar-refractivity contribution is 5.78. The number of hydrogen-bond donors (Lipinski definition) is 3. The fourth-order valence-electron chi connectivity index (χ4n) is 2.08. The number of aromatic hydroxyl groups is 1. The summed E-state index contributed by atoms with van der Waals surface area (Å²) in [5, 5.41) is 21.8. The lowest BCUT2D eigenvalue weighted by molar-refractivity contribution is -0.121. The van der Waals surface area contributed by atoms with Gasteiger partial charge in [-0.25, -0.2) is 0 Å². The number of carbonyl (C=O) groups excluding carboxylic acids is 1. The number of phenols is 1. The van der Waals surface area contributed by atoms with Gasteiger partial charge in [-0.15, -0.1) is 0 Å². The highest BCUT2D eigenvalue weighted by atomic mass is 16.3. The molecular formula is C15H23NO3. The van der Waals surface area contributed by atoms with Gasteiger partial charge in [0, 0.05) is 6.54 Å². The average Bonchev–Trinajstić information content (AvgIpc) is 2.40. The molecule has 0 aliphatic carbocycles. The van der Waals surface area contributed by atoms with Gasteiger partial charge in [-0.1, -0.05) is 38.8 Å². The summed E-state index contributed by atoms with van der Waals surface area (Å²) >= 11 is 0. The van der Waals surface area contributed by atoms with E-state index in [1.165, 1.54) is 0 Å². The van der Waals surface area contributed by atoms with Gasteiger partial charge in [0.2, 0.25) is 5.91 Å². The smallest absolute Gasteiger partial charge is 0.224 e. The van der Waals surface area contributed by atoms with Crippen molar-refractivity contribution in [2.75, 3.05) is 6.54 Å². The molecule has 0 aliphatic rings. The number of rotatable bonds is 7. The Balaban J connectivity index is 2.37. The molecule has 1 amide bonds. The van der Waals surface area contributed by atoms with Crippen LogP contribution in [0.2, 0.25) is 0 Å². The Labute approximate surface area is 114 Å². The third-order valence-corrected chi connectivity index (χ3v) is 3.40. The van der Waals surface area contributed by atoms with Crippen molar-refractivity contribution in [3.05, 3.63) is 29.8 Å². The molecule has 0 saturated carbocycles. The topological polar surface area (TPSA) is 69.6 Å². The molecule has 0 spiro atoms. The standard InChI is InChI=1S/C15H23NO3/c1-3-12(4-2)14(18)10-16-15(19)9-11-5-7-13(17)8-6-11/h5-8,12,14,17-18H,3-4,9-10H2,1-2H3,(H,16,19). The van der Waals surface area contributed by atoms with Crippen LogP contribution >= 0.6 is 0 Å². The second kappa shape index (κ2) is 7.79. The van der Waals surface area contributed by atoms with Crippen molar-refractivity contribution in [3.8, 4) is 5.75 Å². The SMILES string of the molecule is CCC(CC)C(O)CNC(=O)Cc1ccc(O)cc1. The lowest BCUT2D eigenvalue weighted by Crippen LogP contribution is -2.36. The molecule has 4 nitrogen and oxygen atoms in total. The van der Waals surface area contributed by atoms with Crippen molar-refractivity contribution in [2.24, 2.45) is 5.92 Å². The Morgan fingerprint density at radius 3 is 2.32 bits per heavy atom. The van der Waals surface area contributed by atoms with Crippen LogP contribution in [-0.2, 0) is 11.2 Å². The number of aliphatic hydroxyl groups is 1. The zero-order valence-electron chi connectivity index (χ0n) is 11.6. The summed E-state index contributed by atoms with van der Waals surface area (Å²) in [4.78, 5) is 11.7. The molecule has 0 fully saturated rings. The first-order chi connectivity index (χ1) is 9.06. The summed E-state index contributed by atoms with van der Waals surface area (Å²) in [5.74, 6) is 0.304. The maximum atomic E-state index is 11.7. The number of nitrogens with one attached hydrogen (secondary N) is 1. The monoisotopic (exact) mass is 265 g/mol. The van der Waals surface area contributed by atoms with Crippen molar-refractivity contribution in [1.82, 2.24) is 5.32 Å². The van der Waals surface area contributed by atoms with Gasteiger partial charge in [0.15, 0.2) is 0 Å². The number of hydrogen-bond acceptors (Lipinski definition) is 3. The normalized spacial score (nSPS) is 12.4. The molecule has 0 saturated heterocycles. The summed E-state index contributed by atoms with van der Waals surface area (Å²) in [6.07, 6.45) is 1.59. The van der Waals surface area contributed by atoms with E-state index < -0.39 is 6.10 Å². The second-order valence-corrected chi connectivity index (χ2v) is 4.79. The minimum absolute atomic E-state index is 0.115. The molecule has 19 heavy (non-hydrogen) atoms. The fourth-order valence-corrected chi connectivity index (χ4v) is 2.08. The van der Waals surface area contributed by atoms with Crippen LogP contribution in [0, 0.1) is 5.92 Å². The number of phenolic OH excluding ortho intramolecular Hbond substituents is 1. The third-order valence-electron chi connectivity index (χ3n) is 3.40. The quantitative estimate of drug-likeness (QED) is 0.704. The van der Waals surface area contributed by atoms with Crippen LogP contribution in [0.3, 0.4) is 0 Å².